The van der Waals surface area contributed by atoms with Crippen molar-refractivity contribution in [1.82, 2.24) is 10.6 Å². The summed E-state index contributed by atoms with van der Waals surface area (Å²) in [5.41, 5.74) is 2.74. The van der Waals surface area contributed by atoms with E-state index >= 15 is 0 Å². The van der Waals surface area contributed by atoms with Crippen molar-refractivity contribution in [1.29, 1.82) is 0 Å². The topological polar surface area (TPSA) is 125 Å². The third kappa shape index (κ3) is 5.32. The fourth-order valence-electron chi connectivity index (χ4n) is 5.21. The van der Waals surface area contributed by atoms with Crippen molar-refractivity contribution < 1.29 is 29.3 Å². The summed E-state index contributed by atoms with van der Waals surface area (Å²) in [5, 5.41) is 24.0. The number of amides is 2. The lowest BCUT2D eigenvalue weighted by molar-refractivity contribution is -0.148. The molecule has 2 aromatic rings. The summed E-state index contributed by atoms with van der Waals surface area (Å²) in [5.74, 6) is -1.83. The predicted octanol–water partition coefficient (Wildman–Crippen LogP) is 3.43. The number of aliphatic hydroxyl groups excluding tert-OH is 1. The van der Waals surface area contributed by atoms with E-state index < -0.39 is 36.2 Å². The van der Waals surface area contributed by atoms with Crippen molar-refractivity contribution in [3.05, 3.63) is 59.7 Å². The number of carboxylic acid groups (broad SMARTS) is 1. The summed E-state index contributed by atoms with van der Waals surface area (Å²) in [4.78, 5) is 36.9. The van der Waals surface area contributed by atoms with E-state index in [0.29, 0.717) is 0 Å². The zero-order chi connectivity index (χ0) is 25.0. The molecule has 2 aromatic carbocycles. The Morgan fingerprint density at radius 1 is 1.03 bits per heavy atom. The van der Waals surface area contributed by atoms with Gasteiger partial charge in [-0.2, -0.15) is 0 Å². The highest BCUT2D eigenvalue weighted by Crippen LogP contribution is 2.44. The molecule has 8 heteroatoms. The summed E-state index contributed by atoms with van der Waals surface area (Å²) in [6, 6.07) is 15.7. The van der Waals surface area contributed by atoms with Crippen LogP contribution in [0.15, 0.2) is 48.5 Å². The number of nitrogens with one attached hydrogen (secondary N) is 2. The molecule has 4 N–H and O–H groups in total. The Labute approximate surface area is 204 Å². The summed E-state index contributed by atoms with van der Waals surface area (Å²) in [7, 11) is 0. The second-order valence-corrected chi connectivity index (χ2v) is 9.67. The maximum atomic E-state index is 12.8. The number of aliphatic hydroxyl groups is 1. The van der Waals surface area contributed by atoms with Gasteiger partial charge in [-0.3, -0.25) is 4.79 Å². The van der Waals surface area contributed by atoms with Crippen molar-refractivity contribution >= 4 is 18.0 Å². The number of carboxylic acids is 1. The molecule has 0 aromatic heterocycles. The van der Waals surface area contributed by atoms with Gasteiger partial charge < -0.3 is 25.6 Å². The van der Waals surface area contributed by atoms with Crippen LogP contribution >= 0.6 is 0 Å². The first-order chi connectivity index (χ1) is 16.8. The van der Waals surface area contributed by atoms with Crippen molar-refractivity contribution in [2.24, 2.45) is 5.92 Å². The molecule has 8 nitrogen and oxygen atoms in total. The van der Waals surface area contributed by atoms with E-state index in [0.717, 1.165) is 47.9 Å². The minimum atomic E-state index is -1.78. The van der Waals surface area contributed by atoms with Gasteiger partial charge in [0.15, 0.2) is 5.54 Å². The molecule has 2 aliphatic rings. The Balaban J connectivity index is 1.41. The van der Waals surface area contributed by atoms with Gasteiger partial charge in [0.2, 0.25) is 5.91 Å². The Bertz CT molecular complexity index is 1050. The highest BCUT2D eigenvalue weighted by molar-refractivity contribution is 5.87. The first-order valence-corrected chi connectivity index (χ1v) is 12.1. The minimum Gasteiger partial charge on any atom is -0.479 e. The van der Waals surface area contributed by atoms with Crippen LogP contribution in [-0.4, -0.2) is 53.0 Å². The molecule has 186 valence electrons. The van der Waals surface area contributed by atoms with Gasteiger partial charge in [0, 0.05) is 18.4 Å². The standard InChI is InChI=1S/C27H32N2O6/c1-27(16-30,25(32)33)29-24(31)14-23(17-8-2-3-9-17)28-26(34)35-15-22-20-12-6-4-10-18(20)19-11-5-7-13-21(19)22/h4-7,10-13,17,22-23,30H,2-3,8-9,14-16H2,1H3,(H,28,34)(H,29,31)(H,32,33). The average Bonchev–Trinajstić information content (AvgIpc) is 3.49. The van der Waals surface area contributed by atoms with Crippen LogP contribution < -0.4 is 10.6 Å². The van der Waals surface area contributed by atoms with Crippen LogP contribution in [0.2, 0.25) is 0 Å². The lowest BCUT2D eigenvalue weighted by Crippen LogP contribution is -2.56. The number of benzene rings is 2. The van der Waals surface area contributed by atoms with Gasteiger partial charge in [-0.1, -0.05) is 61.4 Å². The first kappa shape index (κ1) is 24.7. The van der Waals surface area contributed by atoms with Gasteiger partial charge in [0.25, 0.3) is 0 Å². The van der Waals surface area contributed by atoms with Crippen molar-refractivity contribution in [3.63, 3.8) is 0 Å². The van der Waals surface area contributed by atoms with Crippen LogP contribution in [0.4, 0.5) is 4.79 Å². The number of carbonyl (C=O) groups excluding carboxylic acids is 2. The number of aliphatic carboxylic acids is 1. The van der Waals surface area contributed by atoms with Crippen LogP contribution in [0.3, 0.4) is 0 Å². The van der Waals surface area contributed by atoms with E-state index in [1.165, 1.54) is 6.92 Å². The molecule has 0 bridgehead atoms. The van der Waals surface area contributed by atoms with Gasteiger partial charge >= 0.3 is 12.1 Å². The minimum absolute atomic E-state index is 0.0674. The van der Waals surface area contributed by atoms with E-state index in [2.05, 4.69) is 22.8 Å². The molecule has 35 heavy (non-hydrogen) atoms. The SMILES string of the molecule is CC(CO)(NC(=O)CC(NC(=O)OCC1c2ccccc2-c2ccccc21)C1CCCC1)C(=O)O. The molecule has 2 atom stereocenters. The number of fused-ring (bicyclic) bond motifs is 3. The first-order valence-electron chi connectivity index (χ1n) is 12.1. The van der Waals surface area contributed by atoms with Crippen LogP contribution in [0.5, 0.6) is 0 Å². The molecule has 0 saturated heterocycles. The number of rotatable bonds is 9. The Morgan fingerprint density at radius 3 is 2.14 bits per heavy atom. The summed E-state index contributed by atoms with van der Waals surface area (Å²) in [6.07, 6.45) is 3.09. The fourth-order valence-corrected chi connectivity index (χ4v) is 5.21. The molecule has 2 unspecified atom stereocenters. The van der Waals surface area contributed by atoms with Gasteiger partial charge in [-0.25, -0.2) is 9.59 Å². The zero-order valence-electron chi connectivity index (χ0n) is 19.8. The lowest BCUT2D eigenvalue weighted by atomic mass is 9.94. The lowest BCUT2D eigenvalue weighted by Gasteiger charge is -2.28. The van der Waals surface area contributed by atoms with Crippen molar-refractivity contribution in [3.8, 4) is 11.1 Å². The second-order valence-electron chi connectivity index (χ2n) is 9.67. The maximum absolute atomic E-state index is 12.8. The van der Waals surface area contributed by atoms with Crippen molar-refractivity contribution in [2.75, 3.05) is 13.2 Å². The molecule has 1 fully saturated rings. The van der Waals surface area contributed by atoms with Gasteiger partial charge in [0.05, 0.1) is 6.61 Å². The fraction of sp³-hybridized carbons (Fsp3) is 0.444. The number of hydrogen-bond acceptors (Lipinski definition) is 5. The third-order valence-electron chi connectivity index (χ3n) is 7.22. The smallest absolute Gasteiger partial charge is 0.407 e. The zero-order valence-corrected chi connectivity index (χ0v) is 19.8. The van der Waals surface area contributed by atoms with Gasteiger partial charge in [-0.15, -0.1) is 0 Å². The average molecular weight is 481 g/mol. The molecule has 0 spiro atoms. The van der Waals surface area contributed by atoms with E-state index in [9.17, 15) is 24.6 Å². The molecular formula is C27H32N2O6. The maximum Gasteiger partial charge on any atom is 0.407 e. The molecule has 1 saturated carbocycles. The van der Waals surface area contributed by atoms with E-state index in [-0.39, 0.29) is 24.9 Å². The molecule has 4 rings (SSSR count). The predicted molar refractivity (Wildman–Crippen MR) is 130 cm³/mol. The second kappa shape index (κ2) is 10.5. The Kier molecular flexibility index (Phi) is 7.40. The van der Waals surface area contributed by atoms with E-state index in [4.69, 9.17) is 4.74 Å². The van der Waals surface area contributed by atoms with Crippen LogP contribution in [-0.2, 0) is 14.3 Å². The summed E-state index contributed by atoms with van der Waals surface area (Å²) in [6.45, 7) is 0.684. The highest BCUT2D eigenvalue weighted by Gasteiger charge is 2.36. The van der Waals surface area contributed by atoms with E-state index in [1.54, 1.807) is 0 Å². The molecule has 0 radical (unpaired) electrons. The van der Waals surface area contributed by atoms with Crippen LogP contribution in [0, 0.1) is 5.92 Å². The van der Waals surface area contributed by atoms with Gasteiger partial charge in [-0.05, 0) is 47.9 Å². The monoisotopic (exact) mass is 480 g/mol. The Morgan fingerprint density at radius 2 is 1.60 bits per heavy atom. The molecular weight excluding hydrogens is 448 g/mol. The number of ether oxygens (including phenoxy) is 1. The van der Waals surface area contributed by atoms with Gasteiger partial charge in [0.1, 0.15) is 6.61 Å². The molecule has 0 heterocycles. The normalized spacial score (nSPS) is 17.7. The highest BCUT2D eigenvalue weighted by atomic mass is 16.5. The van der Waals surface area contributed by atoms with Crippen LogP contribution in [0.1, 0.15) is 56.1 Å². The molecule has 2 aliphatic carbocycles. The summed E-state index contributed by atoms with van der Waals surface area (Å²) >= 11 is 0. The Hall–Kier alpha value is -3.39. The van der Waals surface area contributed by atoms with Crippen molar-refractivity contribution in [2.45, 2.75) is 56.5 Å². The van der Waals surface area contributed by atoms with Crippen LogP contribution in [0.25, 0.3) is 11.1 Å². The largest absolute Gasteiger partial charge is 0.479 e. The van der Waals surface area contributed by atoms with E-state index in [1.807, 2.05) is 36.4 Å². The number of carbonyl (C=O) groups is 3. The number of hydrogen-bond donors (Lipinski definition) is 4. The molecule has 0 aliphatic heterocycles. The third-order valence-corrected chi connectivity index (χ3v) is 7.22. The quantitative estimate of drug-likeness (QED) is 0.436. The summed E-state index contributed by atoms with van der Waals surface area (Å²) < 4.78 is 5.66. The molecule has 2 amide bonds. The number of alkyl carbamates (subject to hydrolysis) is 1.